The van der Waals surface area contributed by atoms with Crippen LogP contribution in [-0.2, 0) is 0 Å². The van der Waals surface area contributed by atoms with Crippen molar-refractivity contribution in [1.29, 1.82) is 0 Å². The van der Waals surface area contributed by atoms with Crippen molar-refractivity contribution in [1.82, 2.24) is 0 Å². The van der Waals surface area contributed by atoms with E-state index in [-0.39, 0.29) is 0 Å². The van der Waals surface area contributed by atoms with Gasteiger partial charge in [-0.1, -0.05) is 23.7 Å². The lowest BCUT2D eigenvalue weighted by molar-refractivity contribution is 0.350. The maximum absolute atomic E-state index is 6.39. The molecule has 1 unspecified atom stereocenters. The molecule has 21 heavy (non-hydrogen) atoms. The molecule has 2 aromatic carbocycles. The molecular weight excluding hydrogens is 290 g/mol. The van der Waals surface area contributed by atoms with Gasteiger partial charge in [0, 0.05) is 16.1 Å². The van der Waals surface area contributed by atoms with Gasteiger partial charge >= 0.3 is 0 Å². The molecule has 0 fully saturated rings. The van der Waals surface area contributed by atoms with Crippen LogP contribution >= 0.6 is 11.6 Å². The second-order valence-electron chi connectivity index (χ2n) is 4.45. The summed E-state index contributed by atoms with van der Waals surface area (Å²) in [6, 6.07) is 10.5. The Kier molecular flexibility index (Phi) is 4.94. The smallest absolute Gasteiger partial charge is 0.165 e. The number of hydrogen-bond acceptors (Lipinski definition) is 4. The zero-order valence-corrected chi connectivity index (χ0v) is 13.0. The van der Waals surface area contributed by atoms with Crippen molar-refractivity contribution in [2.75, 3.05) is 21.3 Å². The molecule has 0 saturated heterocycles. The molecule has 5 heteroatoms. The summed E-state index contributed by atoms with van der Waals surface area (Å²) in [5, 5.41) is 0.600. The molecule has 2 N–H and O–H groups in total. The van der Waals surface area contributed by atoms with E-state index in [0.717, 1.165) is 11.1 Å². The third kappa shape index (κ3) is 3.06. The van der Waals surface area contributed by atoms with E-state index in [1.54, 1.807) is 39.5 Å². The van der Waals surface area contributed by atoms with E-state index in [1.165, 1.54) is 0 Å². The Labute approximate surface area is 129 Å². The summed E-state index contributed by atoms with van der Waals surface area (Å²) >= 11 is 6.07. The summed E-state index contributed by atoms with van der Waals surface area (Å²) in [7, 11) is 4.78. The minimum Gasteiger partial charge on any atom is -0.496 e. The van der Waals surface area contributed by atoms with Crippen molar-refractivity contribution in [3.8, 4) is 17.2 Å². The fraction of sp³-hybridized carbons (Fsp3) is 0.250. The lowest BCUT2D eigenvalue weighted by Gasteiger charge is -2.20. The van der Waals surface area contributed by atoms with Gasteiger partial charge in [0.1, 0.15) is 5.75 Å². The maximum atomic E-state index is 6.39. The molecule has 0 radical (unpaired) electrons. The van der Waals surface area contributed by atoms with Crippen molar-refractivity contribution in [3.63, 3.8) is 0 Å². The van der Waals surface area contributed by atoms with Gasteiger partial charge in [0.05, 0.1) is 27.4 Å². The zero-order valence-electron chi connectivity index (χ0n) is 12.2. The lowest BCUT2D eigenvalue weighted by atomic mass is 9.97. The molecule has 0 saturated carbocycles. The van der Waals surface area contributed by atoms with Gasteiger partial charge in [0.25, 0.3) is 0 Å². The predicted octanol–water partition coefficient (Wildman–Crippen LogP) is 3.41. The van der Waals surface area contributed by atoms with Crippen molar-refractivity contribution < 1.29 is 14.2 Å². The third-order valence-electron chi connectivity index (χ3n) is 3.30. The normalized spacial score (nSPS) is 11.9. The van der Waals surface area contributed by atoms with Gasteiger partial charge < -0.3 is 19.9 Å². The van der Waals surface area contributed by atoms with Gasteiger partial charge in [-0.3, -0.25) is 0 Å². The summed E-state index contributed by atoms with van der Waals surface area (Å²) in [5.41, 5.74) is 7.98. The minimum absolute atomic E-state index is 0.441. The van der Waals surface area contributed by atoms with Crippen LogP contribution in [0.3, 0.4) is 0 Å². The van der Waals surface area contributed by atoms with E-state index in [4.69, 9.17) is 31.5 Å². The van der Waals surface area contributed by atoms with E-state index in [0.29, 0.717) is 22.3 Å². The number of para-hydroxylation sites is 1. The fourth-order valence-corrected chi connectivity index (χ4v) is 2.45. The Bertz CT molecular complexity index is 631. The Hall–Kier alpha value is -1.91. The van der Waals surface area contributed by atoms with Gasteiger partial charge in [-0.15, -0.1) is 0 Å². The van der Waals surface area contributed by atoms with Crippen LogP contribution in [0.1, 0.15) is 17.2 Å². The minimum atomic E-state index is -0.441. The highest BCUT2D eigenvalue weighted by Gasteiger charge is 2.20. The zero-order chi connectivity index (χ0) is 15.4. The first-order chi connectivity index (χ1) is 10.1. The first-order valence-corrected chi connectivity index (χ1v) is 6.80. The van der Waals surface area contributed by atoms with Crippen LogP contribution in [0, 0.1) is 0 Å². The van der Waals surface area contributed by atoms with E-state index in [2.05, 4.69) is 0 Å². The van der Waals surface area contributed by atoms with Gasteiger partial charge in [-0.05, 0) is 24.3 Å². The van der Waals surface area contributed by atoms with Crippen LogP contribution in [0.5, 0.6) is 17.2 Å². The molecule has 0 aliphatic heterocycles. The summed E-state index contributed by atoms with van der Waals surface area (Å²) < 4.78 is 16.1. The van der Waals surface area contributed by atoms with E-state index in [9.17, 15) is 0 Å². The quantitative estimate of drug-likeness (QED) is 0.919. The predicted molar refractivity (Wildman–Crippen MR) is 83.6 cm³/mol. The van der Waals surface area contributed by atoms with Gasteiger partial charge in [-0.25, -0.2) is 0 Å². The highest BCUT2D eigenvalue weighted by Crippen LogP contribution is 2.39. The maximum Gasteiger partial charge on any atom is 0.165 e. The summed E-state index contributed by atoms with van der Waals surface area (Å²) in [6.45, 7) is 0. The Morgan fingerprint density at radius 2 is 1.62 bits per heavy atom. The van der Waals surface area contributed by atoms with Crippen LogP contribution in [0.15, 0.2) is 36.4 Å². The summed E-state index contributed by atoms with van der Waals surface area (Å²) in [6.07, 6.45) is 0. The van der Waals surface area contributed by atoms with Gasteiger partial charge in [-0.2, -0.15) is 0 Å². The fourth-order valence-electron chi connectivity index (χ4n) is 2.27. The number of ether oxygens (including phenoxy) is 3. The van der Waals surface area contributed by atoms with Crippen molar-refractivity contribution in [2.24, 2.45) is 5.73 Å². The summed E-state index contributed by atoms with van der Waals surface area (Å²) in [4.78, 5) is 0. The van der Waals surface area contributed by atoms with E-state index < -0.39 is 6.04 Å². The molecule has 0 amide bonds. The molecule has 0 aliphatic rings. The first kappa shape index (κ1) is 15.5. The average Bonchev–Trinajstić information content (AvgIpc) is 2.53. The van der Waals surface area contributed by atoms with Crippen LogP contribution in [0.25, 0.3) is 0 Å². The second-order valence-corrected chi connectivity index (χ2v) is 4.88. The van der Waals surface area contributed by atoms with Crippen molar-refractivity contribution in [3.05, 3.63) is 52.5 Å². The highest BCUT2D eigenvalue weighted by atomic mass is 35.5. The number of hydrogen-bond donors (Lipinski definition) is 1. The van der Waals surface area contributed by atoms with Gasteiger partial charge in [0.2, 0.25) is 0 Å². The molecule has 112 valence electrons. The Balaban J connectivity index is 2.54. The van der Waals surface area contributed by atoms with E-state index in [1.807, 2.05) is 18.2 Å². The van der Waals surface area contributed by atoms with Crippen LogP contribution in [0.4, 0.5) is 0 Å². The lowest BCUT2D eigenvalue weighted by Crippen LogP contribution is -2.14. The van der Waals surface area contributed by atoms with E-state index >= 15 is 0 Å². The monoisotopic (exact) mass is 307 g/mol. The van der Waals surface area contributed by atoms with Crippen LogP contribution < -0.4 is 19.9 Å². The molecular formula is C16H18ClNO3. The molecule has 0 aromatic heterocycles. The number of rotatable bonds is 5. The number of benzene rings is 2. The van der Waals surface area contributed by atoms with Gasteiger partial charge in [0.15, 0.2) is 11.5 Å². The third-order valence-corrected chi connectivity index (χ3v) is 3.53. The molecule has 0 aliphatic carbocycles. The first-order valence-electron chi connectivity index (χ1n) is 6.42. The summed E-state index contributed by atoms with van der Waals surface area (Å²) in [5.74, 6) is 1.91. The second kappa shape index (κ2) is 6.70. The topological polar surface area (TPSA) is 53.7 Å². The molecule has 2 rings (SSSR count). The Morgan fingerprint density at radius 1 is 0.905 bits per heavy atom. The Morgan fingerprint density at radius 3 is 2.24 bits per heavy atom. The molecule has 4 nitrogen and oxygen atoms in total. The largest absolute Gasteiger partial charge is 0.496 e. The molecule has 1 atom stereocenters. The average molecular weight is 308 g/mol. The molecule has 0 heterocycles. The number of nitrogens with two attached hydrogens (primary N) is 1. The number of halogens is 1. The molecule has 0 spiro atoms. The van der Waals surface area contributed by atoms with Crippen LogP contribution in [-0.4, -0.2) is 21.3 Å². The highest BCUT2D eigenvalue weighted by molar-refractivity contribution is 6.30. The molecule has 0 bridgehead atoms. The van der Waals surface area contributed by atoms with Crippen LogP contribution in [0.2, 0.25) is 5.02 Å². The number of methoxy groups -OCH3 is 3. The van der Waals surface area contributed by atoms with Crippen molar-refractivity contribution >= 4 is 11.6 Å². The molecule has 2 aromatic rings. The van der Waals surface area contributed by atoms with Crippen molar-refractivity contribution in [2.45, 2.75) is 6.04 Å². The standard InChI is InChI=1S/C16H18ClNO3/c1-19-13-8-7-10(17)9-12(13)15(18)11-5-4-6-14(20-2)16(11)21-3/h4-9,15H,18H2,1-3H3. The SMILES string of the molecule is COc1ccc(Cl)cc1C(N)c1cccc(OC)c1OC.